The van der Waals surface area contributed by atoms with Crippen LogP contribution in [0, 0.1) is 5.92 Å². The number of carbonyl (C=O) groups is 1. The molecule has 2 aromatic carbocycles. The highest BCUT2D eigenvalue weighted by molar-refractivity contribution is 7.89. The highest BCUT2D eigenvalue weighted by Gasteiger charge is 2.30. The molecule has 3 rings (SSSR count). The molecule has 0 saturated heterocycles. The molecule has 8 heteroatoms. The summed E-state index contributed by atoms with van der Waals surface area (Å²) < 4.78 is 28.1. The number of anilines is 1. The van der Waals surface area contributed by atoms with Crippen LogP contribution in [-0.2, 0) is 14.8 Å². The van der Waals surface area contributed by atoms with Crippen molar-refractivity contribution in [2.75, 3.05) is 19.0 Å². The molecule has 4 N–H and O–H groups in total. The predicted octanol–water partition coefficient (Wildman–Crippen LogP) is 3.96. The van der Waals surface area contributed by atoms with Gasteiger partial charge >= 0.3 is 5.97 Å². The molecule has 32 heavy (non-hydrogen) atoms. The third-order valence-electron chi connectivity index (χ3n) is 6.04. The topological polar surface area (TPSA) is 113 Å². The maximum atomic E-state index is 12.9. The van der Waals surface area contributed by atoms with Gasteiger partial charge in [-0.05, 0) is 30.9 Å². The van der Waals surface area contributed by atoms with E-state index in [1.165, 1.54) is 38.2 Å². The third-order valence-corrected chi connectivity index (χ3v) is 7.54. The van der Waals surface area contributed by atoms with Crippen LogP contribution in [0.25, 0.3) is 10.8 Å². The number of rotatable bonds is 7. The smallest absolute Gasteiger partial charge is 0.322 e. The monoisotopic (exact) mass is 463 g/mol. The van der Waals surface area contributed by atoms with E-state index in [2.05, 4.69) is 4.72 Å². The van der Waals surface area contributed by atoms with E-state index in [9.17, 15) is 18.3 Å². The van der Waals surface area contributed by atoms with Crippen LogP contribution in [0.3, 0.4) is 0 Å². The Balaban J connectivity index is 0.000000439. The molecule has 2 atom stereocenters. The summed E-state index contributed by atoms with van der Waals surface area (Å²) in [6.07, 6.45) is 7.22. The van der Waals surface area contributed by atoms with Crippen molar-refractivity contribution in [2.24, 2.45) is 11.7 Å². The van der Waals surface area contributed by atoms with Gasteiger partial charge in [-0.25, -0.2) is 8.42 Å². The molecule has 0 spiro atoms. The number of aliphatic carboxylic acids is 1. The first-order valence-electron chi connectivity index (χ1n) is 11.3. The van der Waals surface area contributed by atoms with Gasteiger partial charge in [0.15, 0.2) is 0 Å². The van der Waals surface area contributed by atoms with Crippen molar-refractivity contribution in [1.82, 2.24) is 4.72 Å². The molecule has 0 aromatic heterocycles. The number of fused-ring (bicyclic) bond motifs is 1. The second-order valence-corrected chi connectivity index (χ2v) is 10.4. The molecule has 1 fully saturated rings. The molecule has 2 unspecified atom stereocenters. The Morgan fingerprint density at radius 3 is 2.22 bits per heavy atom. The zero-order chi connectivity index (χ0) is 23.9. The summed E-state index contributed by atoms with van der Waals surface area (Å²) in [7, 11) is -0.205. The molecule has 1 saturated carbocycles. The fraction of sp³-hybridized carbons (Fsp3) is 0.542. The first-order chi connectivity index (χ1) is 15.1. The summed E-state index contributed by atoms with van der Waals surface area (Å²) in [6.45, 7) is 3.55. The molecule has 2 aromatic rings. The van der Waals surface area contributed by atoms with Crippen molar-refractivity contribution in [3.05, 3.63) is 36.4 Å². The van der Waals surface area contributed by atoms with E-state index >= 15 is 0 Å². The van der Waals surface area contributed by atoms with Gasteiger partial charge < -0.3 is 15.7 Å². The van der Waals surface area contributed by atoms with Crippen LogP contribution >= 0.6 is 0 Å². The van der Waals surface area contributed by atoms with Gasteiger partial charge in [-0.15, -0.1) is 0 Å². The van der Waals surface area contributed by atoms with Crippen LogP contribution in [0.1, 0.15) is 52.4 Å². The first-order valence-corrected chi connectivity index (χ1v) is 12.8. The Hall–Kier alpha value is -2.16. The molecule has 0 amide bonds. The number of benzene rings is 2. The first kappa shape index (κ1) is 26.1. The molecule has 178 valence electrons. The number of carboxylic acid groups (broad SMARTS) is 1. The Morgan fingerprint density at radius 2 is 1.72 bits per heavy atom. The summed E-state index contributed by atoms with van der Waals surface area (Å²) in [5, 5.41) is 10.7. The molecule has 1 aliphatic carbocycles. The number of hydrogen-bond acceptors (Lipinski definition) is 5. The van der Waals surface area contributed by atoms with E-state index in [1.807, 2.05) is 38.1 Å². The summed E-state index contributed by atoms with van der Waals surface area (Å²) in [5.74, 6) is -1.49. The molecular weight excluding hydrogens is 426 g/mol. The lowest BCUT2D eigenvalue weighted by molar-refractivity contribution is -0.140. The minimum absolute atomic E-state index is 0.0863. The Morgan fingerprint density at radius 1 is 1.12 bits per heavy atom. The van der Waals surface area contributed by atoms with E-state index in [-0.39, 0.29) is 10.8 Å². The van der Waals surface area contributed by atoms with Gasteiger partial charge in [-0.3, -0.25) is 4.79 Å². The van der Waals surface area contributed by atoms with Crippen molar-refractivity contribution in [1.29, 1.82) is 0 Å². The van der Waals surface area contributed by atoms with Crippen molar-refractivity contribution < 1.29 is 18.3 Å². The quantitative estimate of drug-likeness (QED) is 0.573. The van der Waals surface area contributed by atoms with Crippen molar-refractivity contribution >= 4 is 32.5 Å². The lowest BCUT2D eigenvalue weighted by Gasteiger charge is -2.21. The second-order valence-electron chi connectivity index (χ2n) is 8.74. The van der Waals surface area contributed by atoms with Crippen LogP contribution in [0.4, 0.5) is 5.69 Å². The molecular formula is C24H37N3O4S. The van der Waals surface area contributed by atoms with E-state index in [4.69, 9.17) is 5.73 Å². The molecule has 0 radical (unpaired) electrons. The number of carboxylic acids is 1. The highest BCUT2D eigenvalue weighted by atomic mass is 32.2. The number of nitrogens with zero attached hydrogens (tertiary/aromatic N) is 1. The average molecular weight is 464 g/mol. The number of nitrogens with one attached hydrogen (secondary N) is 1. The lowest BCUT2D eigenvalue weighted by atomic mass is 9.97. The molecule has 0 heterocycles. The maximum Gasteiger partial charge on any atom is 0.322 e. The third kappa shape index (κ3) is 6.67. The fourth-order valence-electron chi connectivity index (χ4n) is 3.90. The van der Waals surface area contributed by atoms with Crippen molar-refractivity contribution in [3.8, 4) is 0 Å². The molecule has 0 aliphatic heterocycles. The summed E-state index contributed by atoms with van der Waals surface area (Å²) in [4.78, 5) is 13.5. The zero-order valence-corrected chi connectivity index (χ0v) is 20.4. The molecule has 7 nitrogen and oxygen atoms in total. The minimum atomic E-state index is -3.98. The molecule has 0 bridgehead atoms. The fourth-order valence-corrected chi connectivity index (χ4v) is 5.42. The van der Waals surface area contributed by atoms with Gasteiger partial charge in [0.1, 0.15) is 6.04 Å². The number of nitrogens with two attached hydrogens (primary N) is 1. The largest absolute Gasteiger partial charge is 0.480 e. The van der Waals surface area contributed by atoms with Gasteiger partial charge in [0.05, 0.1) is 4.90 Å². The highest BCUT2D eigenvalue weighted by Crippen LogP contribution is 2.30. The summed E-state index contributed by atoms with van der Waals surface area (Å²) in [6, 6.07) is 9.83. The van der Waals surface area contributed by atoms with Crippen molar-refractivity contribution in [2.45, 2.75) is 69.4 Å². The van der Waals surface area contributed by atoms with E-state index in [0.717, 1.165) is 11.1 Å². The predicted molar refractivity (Wildman–Crippen MR) is 131 cm³/mol. The standard InChI is InChI=1S/C18H24N2O4S.C6H13N/c1-5-12(2)17(18(21)22)19-25(23,24)16-11-7-8-13-14(16)9-6-10-15(13)20(3)4;7-6-4-2-1-3-5-6/h6-12,17,19H,5H2,1-4H3,(H,21,22);6H,1-5,7H2. The van der Waals surface area contributed by atoms with Crippen LogP contribution in [0.15, 0.2) is 41.3 Å². The summed E-state index contributed by atoms with van der Waals surface area (Å²) in [5.41, 5.74) is 6.53. The Bertz CT molecular complexity index is 1000. The van der Waals surface area contributed by atoms with Crippen molar-refractivity contribution in [3.63, 3.8) is 0 Å². The van der Waals surface area contributed by atoms with Crippen LogP contribution < -0.4 is 15.4 Å². The second kappa shape index (κ2) is 11.6. The number of sulfonamides is 1. The van der Waals surface area contributed by atoms with Crippen LogP contribution in [-0.4, -0.2) is 45.7 Å². The minimum Gasteiger partial charge on any atom is -0.480 e. The van der Waals surface area contributed by atoms with Gasteiger partial charge in [0.2, 0.25) is 10.0 Å². The van der Waals surface area contributed by atoms with Gasteiger partial charge in [-0.1, -0.05) is 63.8 Å². The Labute approximate surface area is 192 Å². The van der Waals surface area contributed by atoms with E-state index < -0.39 is 22.0 Å². The summed E-state index contributed by atoms with van der Waals surface area (Å²) >= 11 is 0. The zero-order valence-electron chi connectivity index (χ0n) is 19.5. The van der Waals surface area contributed by atoms with E-state index in [1.54, 1.807) is 25.1 Å². The SMILES string of the molecule is CCC(C)C(NS(=O)(=O)c1cccc2c(N(C)C)cccc12)C(=O)O.NC1CCCCC1. The average Bonchev–Trinajstić information content (AvgIpc) is 2.76. The van der Waals surface area contributed by atoms with Gasteiger partial charge in [-0.2, -0.15) is 4.72 Å². The van der Waals surface area contributed by atoms with Gasteiger partial charge in [0.25, 0.3) is 0 Å². The van der Waals surface area contributed by atoms with Crippen LogP contribution in [0.5, 0.6) is 0 Å². The number of hydrogen-bond donors (Lipinski definition) is 3. The normalized spacial score (nSPS) is 16.7. The van der Waals surface area contributed by atoms with Crippen LogP contribution in [0.2, 0.25) is 0 Å². The Kier molecular flexibility index (Phi) is 9.48. The van der Waals surface area contributed by atoms with E-state index in [0.29, 0.717) is 17.8 Å². The molecule has 1 aliphatic rings. The van der Waals surface area contributed by atoms with Gasteiger partial charge in [0, 0.05) is 36.6 Å². The lowest BCUT2D eigenvalue weighted by Crippen LogP contribution is -2.44. The maximum absolute atomic E-state index is 12.9.